The molecule has 5 nitrogen and oxygen atoms in total. The summed E-state index contributed by atoms with van der Waals surface area (Å²) in [5, 5.41) is 3.65. The molecule has 2 N–H and O–H groups in total. The van der Waals surface area contributed by atoms with Crippen molar-refractivity contribution in [3.8, 4) is 0 Å². The van der Waals surface area contributed by atoms with Crippen LogP contribution in [0.5, 0.6) is 0 Å². The van der Waals surface area contributed by atoms with Gasteiger partial charge >= 0.3 is 6.03 Å². The Labute approximate surface area is 163 Å². The van der Waals surface area contributed by atoms with E-state index >= 15 is 0 Å². The third-order valence-corrected chi connectivity index (χ3v) is 4.83. The van der Waals surface area contributed by atoms with Crippen molar-refractivity contribution in [3.05, 3.63) is 74.8 Å². The second-order valence-electron chi connectivity index (χ2n) is 7.07. The maximum atomic E-state index is 13.8. The van der Waals surface area contributed by atoms with E-state index in [1.807, 2.05) is 32.9 Å². The average molecular weight is 381 g/mol. The van der Waals surface area contributed by atoms with Crippen LogP contribution in [0, 0.1) is 26.6 Å². The number of amides is 2. The number of benzene rings is 2. The molecule has 2 amide bonds. The molecular weight excluding hydrogens is 357 g/mol. The molecule has 0 atom stereocenters. The van der Waals surface area contributed by atoms with E-state index in [0.717, 1.165) is 27.6 Å². The molecule has 0 saturated carbocycles. The number of H-pyrrole nitrogens is 1. The smallest absolute Gasteiger partial charge is 0.322 e. The van der Waals surface area contributed by atoms with Crippen molar-refractivity contribution >= 4 is 22.6 Å². The van der Waals surface area contributed by atoms with Gasteiger partial charge in [-0.25, -0.2) is 9.18 Å². The highest BCUT2D eigenvalue weighted by Crippen LogP contribution is 2.22. The van der Waals surface area contributed by atoms with Gasteiger partial charge in [-0.05, 0) is 62.6 Å². The van der Waals surface area contributed by atoms with Crippen LogP contribution in [0.4, 0.5) is 14.9 Å². The fourth-order valence-corrected chi connectivity index (χ4v) is 3.32. The van der Waals surface area contributed by atoms with Gasteiger partial charge in [0.2, 0.25) is 5.56 Å². The molecule has 0 aliphatic rings. The van der Waals surface area contributed by atoms with Crippen LogP contribution < -0.4 is 10.9 Å². The first-order chi connectivity index (χ1) is 13.3. The molecule has 0 bridgehead atoms. The van der Waals surface area contributed by atoms with Crippen LogP contribution in [0.3, 0.4) is 0 Å². The number of carbonyl (C=O) groups excluding carboxylic acids is 1. The van der Waals surface area contributed by atoms with Crippen LogP contribution >= 0.6 is 0 Å². The lowest BCUT2D eigenvalue weighted by Gasteiger charge is -2.22. The lowest BCUT2D eigenvalue weighted by Crippen LogP contribution is -2.34. The van der Waals surface area contributed by atoms with E-state index < -0.39 is 0 Å². The summed E-state index contributed by atoms with van der Waals surface area (Å²) in [6.07, 6.45) is 0. The minimum absolute atomic E-state index is 0.202. The van der Waals surface area contributed by atoms with Crippen LogP contribution in [0.2, 0.25) is 0 Å². The van der Waals surface area contributed by atoms with E-state index in [2.05, 4.69) is 10.3 Å². The number of anilines is 1. The molecule has 0 aliphatic heterocycles. The Morgan fingerprint density at radius 1 is 1.11 bits per heavy atom. The first-order valence-corrected chi connectivity index (χ1v) is 9.23. The molecule has 1 heterocycles. The Hall–Kier alpha value is -3.15. The first-order valence-electron chi connectivity index (χ1n) is 9.23. The van der Waals surface area contributed by atoms with Crippen LogP contribution in [0.1, 0.15) is 29.2 Å². The van der Waals surface area contributed by atoms with Crippen molar-refractivity contribution in [1.82, 2.24) is 9.88 Å². The number of pyridine rings is 1. The number of aromatic nitrogens is 1. The Morgan fingerprint density at radius 3 is 2.54 bits per heavy atom. The number of halogens is 1. The van der Waals surface area contributed by atoms with Crippen molar-refractivity contribution in [1.29, 1.82) is 0 Å². The highest BCUT2D eigenvalue weighted by Gasteiger charge is 2.16. The van der Waals surface area contributed by atoms with E-state index in [1.54, 1.807) is 24.0 Å². The Morgan fingerprint density at radius 2 is 1.86 bits per heavy atom. The molecule has 2 aromatic carbocycles. The van der Waals surface area contributed by atoms with Crippen molar-refractivity contribution in [3.63, 3.8) is 0 Å². The van der Waals surface area contributed by atoms with Crippen molar-refractivity contribution in [2.24, 2.45) is 0 Å². The summed E-state index contributed by atoms with van der Waals surface area (Å²) in [4.78, 5) is 29.3. The second kappa shape index (κ2) is 7.84. The fraction of sp³-hybridized carbons (Fsp3) is 0.273. The Bertz CT molecular complexity index is 1100. The van der Waals surface area contributed by atoms with E-state index in [1.165, 1.54) is 12.1 Å². The molecule has 0 saturated heterocycles. The van der Waals surface area contributed by atoms with E-state index in [9.17, 15) is 14.0 Å². The molecular formula is C22H24FN3O2. The SMILES string of the molecule is CCN(Cc1cc(=O)[nH]c2c(C)cc(C)cc12)C(=O)Nc1ccc(C)c(F)c1. The van der Waals surface area contributed by atoms with Gasteiger partial charge in [0.15, 0.2) is 0 Å². The molecule has 6 heteroatoms. The number of aryl methyl sites for hydroxylation is 3. The van der Waals surface area contributed by atoms with Gasteiger partial charge in [0, 0.05) is 30.2 Å². The maximum absolute atomic E-state index is 13.8. The fourth-order valence-electron chi connectivity index (χ4n) is 3.32. The standard InChI is InChI=1S/C22H24FN3O2/c1-5-26(22(28)24-17-7-6-14(3)19(23)11-17)12-16-10-20(27)25-21-15(4)8-13(2)9-18(16)21/h6-11H,5,12H2,1-4H3,(H,24,28)(H,25,27). The Balaban J connectivity index is 1.91. The van der Waals surface area contributed by atoms with Gasteiger partial charge in [-0.2, -0.15) is 0 Å². The zero-order valence-corrected chi connectivity index (χ0v) is 16.5. The van der Waals surface area contributed by atoms with Crippen LogP contribution in [-0.2, 0) is 6.54 Å². The van der Waals surface area contributed by atoms with Crippen molar-refractivity contribution in [2.45, 2.75) is 34.2 Å². The molecule has 1 aromatic heterocycles. The zero-order valence-electron chi connectivity index (χ0n) is 16.5. The molecule has 0 spiro atoms. The van der Waals surface area contributed by atoms with Crippen LogP contribution in [0.25, 0.3) is 10.9 Å². The number of hydrogen-bond donors (Lipinski definition) is 2. The van der Waals surface area contributed by atoms with Crippen LogP contribution in [0.15, 0.2) is 41.2 Å². The second-order valence-corrected chi connectivity index (χ2v) is 7.07. The molecule has 3 rings (SSSR count). The van der Waals surface area contributed by atoms with Crippen molar-refractivity contribution < 1.29 is 9.18 Å². The predicted octanol–water partition coefficient (Wildman–Crippen LogP) is 4.65. The molecule has 0 unspecified atom stereocenters. The number of urea groups is 1. The lowest BCUT2D eigenvalue weighted by molar-refractivity contribution is 0.212. The van der Waals surface area contributed by atoms with E-state index in [-0.39, 0.29) is 24.0 Å². The zero-order chi connectivity index (χ0) is 20.4. The number of rotatable bonds is 4. The lowest BCUT2D eigenvalue weighted by atomic mass is 10.0. The van der Waals surface area contributed by atoms with Crippen molar-refractivity contribution in [2.75, 3.05) is 11.9 Å². The molecule has 0 radical (unpaired) electrons. The summed E-state index contributed by atoms with van der Waals surface area (Å²) in [5.41, 5.74) is 4.34. The summed E-state index contributed by atoms with van der Waals surface area (Å²) in [5.74, 6) is -0.368. The number of nitrogens with zero attached hydrogens (tertiary/aromatic N) is 1. The monoisotopic (exact) mass is 381 g/mol. The van der Waals surface area contributed by atoms with E-state index in [0.29, 0.717) is 17.8 Å². The first kappa shape index (κ1) is 19.6. The molecule has 0 aliphatic carbocycles. The summed E-state index contributed by atoms with van der Waals surface area (Å²) >= 11 is 0. The number of aromatic amines is 1. The van der Waals surface area contributed by atoms with Gasteiger partial charge in [-0.1, -0.05) is 17.7 Å². The minimum Gasteiger partial charge on any atom is -0.322 e. The van der Waals surface area contributed by atoms with E-state index in [4.69, 9.17) is 0 Å². The third-order valence-electron chi connectivity index (χ3n) is 4.83. The van der Waals surface area contributed by atoms with Gasteiger partial charge in [-0.3, -0.25) is 4.79 Å². The van der Waals surface area contributed by atoms with Gasteiger partial charge in [0.05, 0.1) is 5.52 Å². The molecule has 146 valence electrons. The summed E-state index contributed by atoms with van der Waals surface area (Å²) < 4.78 is 13.8. The third kappa shape index (κ3) is 4.06. The number of carbonyl (C=O) groups is 1. The highest BCUT2D eigenvalue weighted by atomic mass is 19.1. The number of fused-ring (bicyclic) bond motifs is 1. The molecule has 28 heavy (non-hydrogen) atoms. The average Bonchev–Trinajstić information content (AvgIpc) is 2.63. The van der Waals surface area contributed by atoms with Gasteiger partial charge in [0.25, 0.3) is 0 Å². The van der Waals surface area contributed by atoms with Crippen LogP contribution in [-0.4, -0.2) is 22.5 Å². The number of hydrogen-bond acceptors (Lipinski definition) is 2. The maximum Gasteiger partial charge on any atom is 0.322 e. The molecule has 0 fully saturated rings. The van der Waals surface area contributed by atoms with Gasteiger partial charge < -0.3 is 15.2 Å². The largest absolute Gasteiger partial charge is 0.322 e. The van der Waals surface area contributed by atoms with Gasteiger partial charge in [-0.15, -0.1) is 0 Å². The molecule has 3 aromatic rings. The normalized spacial score (nSPS) is 10.9. The predicted molar refractivity (Wildman–Crippen MR) is 110 cm³/mol. The summed E-state index contributed by atoms with van der Waals surface area (Å²) in [6.45, 7) is 8.20. The minimum atomic E-state index is -0.368. The topological polar surface area (TPSA) is 65.2 Å². The number of nitrogens with one attached hydrogen (secondary N) is 2. The Kier molecular flexibility index (Phi) is 5.49. The summed E-state index contributed by atoms with van der Waals surface area (Å²) in [6, 6.07) is 9.80. The van der Waals surface area contributed by atoms with Gasteiger partial charge in [0.1, 0.15) is 5.82 Å². The summed E-state index contributed by atoms with van der Waals surface area (Å²) in [7, 11) is 0. The highest BCUT2D eigenvalue weighted by molar-refractivity contribution is 5.90. The quantitative estimate of drug-likeness (QED) is 0.691.